The number of pyridine rings is 1. The Kier molecular flexibility index (Phi) is 2.54. The molecule has 0 saturated carbocycles. The summed E-state index contributed by atoms with van der Waals surface area (Å²) in [5, 5.41) is 1.11. The number of aromatic nitrogens is 3. The average Bonchev–Trinajstić information content (AvgIpc) is 2.82. The first-order chi connectivity index (χ1) is 8.84. The molecule has 0 aliphatic rings. The van der Waals surface area contributed by atoms with Gasteiger partial charge in [0.25, 0.3) is 0 Å². The van der Waals surface area contributed by atoms with Crippen molar-refractivity contribution >= 4 is 10.9 Å². The second-order valence-corrected chi connectivity index (χ2v) is 4.02. The number of imidazole rings is 1. The molecule has 0 bridgehead atoms. The monoisotopic (exact) mass is 233 g/mol. The van der Waals surface area contributed by atoms with E-state index in [0.29, 0.717) is 0 Å². The van der Waals surface area contributed by atoms with Crippen molar-refractivity contribution in [1.82, 2.24) is 14.5 Å². The van der Waals surface area contributed by atoms with E-state index < -0.39 is 0 Å². The van der Waals surface area contributed by atoms with Crippen LogP contribution in [-0.4, -0.2) is 14.5 Å². The number of nitrogens with zero attached hydrogens (tertiary/aromatic N) is 3. The van der Waals surface area contributed by atoms with Crippen molar-refractivity contribution in [3.63, 3.8) is 0 Å². The summed E-state index contributed by atoms with van der Waals surface area (Å²) >= 11 is 0. The molecule has 18 heavy (non-hydrogen) atoms. The lowest BCUT2D eigenvalue weighted by Gasteiger charge is -1.98. The van der Waals surface area contributed by atoms with Crippen molar-refractivity contribution < 1.29 is 0 Å². The van der Waals surface area contributed by atoms with E-state index in [0.717, 1.165) is 22.2 Å². The third-order valence-corrected chi connectivity index (χ3v) is 2.77. The number of hydrogen-bond donors (Lipinski definition) is 0. The van der Waals surface area contributed by atoms with E-state index in [1.807, 2.05) is 41.9 Å². The fourth-order valence-corrected chi connectivity index (χ4v) is 1.81. The average molecular weight is 233 g/mol. The molecule has 0 N–H and O–H groups in total. The SMILES string of the molecule is Cn1cncc1C#Cc1cccc2cccnc12. The standard InChI is InChI=1S/C15H11N3/c1-18-11-16-10-14(18)8-7-13-5-2-4-12-6-3-9-17-15(12)13/h2-6,9-11H,1H3. The number of para-hydroxylation sites is 1. The van der Waals surface area contributed by atoms with Crippen LogP contribution >= 0.6 is 0 Å². The summed E-state index contributed by atoms with van der Waals surface area (Å²) in [5.74, 6) is 6.27. The second-order valence-electron chi connectivity index (χ2n) is 4.02. The van der Waals surface area contributed by atoms with Crippen molar-refractivity contribution in [2.45, 2.75) is 0 Å². The molecule has 0 fully saturated rings. The lowest BCUT2D eigenvalue weighted by atomic mass is 10.1. The number of benzene rings is 1. The van der Waals surface area contributed by atoms with Crippen LogP contribution in [-0.2, 0) is 7.05 Å². The largest absolute Gasteiger partial charge is 0.327 e. The molecule has 0 unspecified atom stereocenters. The Morgan fingerprint density at radius 2 is 2.00 bits per heavy atom. The zero-order valence-electron chi connectivity index (χ0n) is 9.96. The van der Waals surface area contributed by atoms with E-state index in [1.54, 1.807) is 18.7 Å². The molecule has 3 nitrogen and oxygen atoms in total. The maximum Gasteiger partial charge on any atom is 0.112 e. The highest BCUT2D eigenvalue weighted by Gasteiger charge is 1.98. The minimum atomic E-state index is 0.892. The first-order valence-electron chi connectivity index (χ1n) is 5.67. The van der Waals surface area contributed by atoms with E-state index >= 15 is 0 Å². The summed E-state index contributed by atoms with van der Waals surface area (Å²) < 4.78 is 1.89. The summed E-state index contributed by atoms with van der Waals surface area (Å²) in [6.45, 7) is 0. The van der Waals surface area contributed by atoms with Gasteiger partial charge in [-0.3, -0.25) is 4.98 Å². The van der Waals surface area contributed by atoms with Gasteiger partial charge in [0.05, 0.1) is 23.6 Å². The van der Waals surface area contributed by atoms with E-state index in [4.69, 9.17) is 0 Å². The van der Waals surface area contributed by atoms with Crippen LogP contribution in [0.25, 0.3) is 10.9 Å². The van der Waals surface area contributed by atoms with Crippen LogP contribution in [0, 0.1) is 11.8 Å². The zero-order chi connectivity index (χ0) is 12.4. The molecule has 3 aromatic rings. The van der Waals surface area contributed by atoms with Crippen LogP contribution in [0.1, 0.15) is 11.3 Å². The van der Waals surface area contributed by atoms with Crippen molar-refractivity contribution in [3.05, 3.63) is 60.3 Å². The van der Waals surface area contributed by atoms with E-state index in [-0.39, 0.29) is 0 Å². The lowest BCUT2D eigenvalue weighted by Crippen LogP contribution is -1.89. The van der Waals surface area contributed by atoms with Gasteiger partial charge in [-0.15, -0.1) is 0 Å². The third-order valence-electron chi connectivity index (χ3n) is 2.77. The van der Waals surface area contributed by atoms with Gasteiger partial charge in [-0.1, -0.05) is 24.1 Å². The maximum atomic E-state index is 4.38. The van der Waals surface area contributed by atoms with Crippen molar-refractivity contribution in [3.8, 4) is 11.8 Å². The molecule has 1 aromatic carbocycles. The topological polar surface area (TPSA) is 30.7 Å². The van der Waals surface area contributed by atoms with Gasteiger partial charge >= 0.3 is 0 Å². The molecular formula is C15H11N3. The Morgan fingerprint density at radius 3 is 2.83 bits per heavy atom. The lowest BCUT2D eigenvalue weighted by molar-refractivity contribution is 0.899. The number of rotatable bonds is 0. The first kappa shape index (κ1) is 10.5. The van der Waals surface area contributed by atoms with Gasteiger partial charge in [0.2, 0.25) is 0 Å². The normalized spacial score (nSPS) is 10.1. The Hall–Kier alpha value is -2.60. The summed E-state index contributed by atoms with van der Waals surface area (Å²) in [6, 6.07) is 9.99. The van der Waals surface area contributed by atoms with Crippen LogP contribution in [0.2, 0.25) is 0 Å². The molecule has 3 heteroatoms. The van der Waals surface area contributed by atoms with Gasteiger partial charge in [0.1, 0.15) is 5.69 Å². The minimum Gasteiger partial charge on any atom is -0.327 e. The van der Waals surface area contributed by atoms with Gasteiger partial charge < -0.3 is 4.57 Å². The Bertz CT molecular complexity index is 754. The number of hydrogen-bond acceptors (Lipinski definition) is 2. The highest BCUT2D eigenvalue weighted by Crippen LogP contribution is 2.14. The Labute approximate surface area is 105 Å². The molecule has 0 aliphatic carbocycles. The zero-order valence-corrected chi connectivity index (χ0v) is 9.96. The fraction of sp³-hybridized carbons (Fsp3) is 0.0667. The van der Waals surface area contributed by atoms with E-state index in [2.05, 4.69) is 21.8 Å². The smallest absolute Gasteiger partial charge is 0.112 e. The van der Waals surface area contributed by atoms with Crippen LogP contribution < -0.4 is 0 Å². The van der Waals surface area contributed by atoms with Gasteiger partial charge in [-0.25, -0.2) is 4.98 Å². The molecule has 3 rings (SSSR count). The van der Waals surface area contributed by atoms with Gasteiger partial charge in [0.15, 0.2) is 0 Å². The molecule has 2 aromatic heterocycles. The molecule has 0 spiro atoms. The van der Waals surface area contributed by atoms with E-state index in [1.165, 1.54) is 0 Å². The predicted octanol–water partition coefficient (Wildman–Crippen LogP) is 2.37. The minimum absolute atomic E-state index is 0.892. The molecule has 0 aliphatic heterocycles. The van der Waals surface area contributed by atoms with Crippen LogP contribution in [0.5, 0.6) is 0 Å². The number of fused-ring (bicyclic) bond motifs is 1. The highest BCUT2D eigenvalue weighted by atomic mass is 15.0. The summed E-state index contributed by atoms with van der Waals surface area (Å²) in [4.78, 5) is 8.42. The second kappa shape index (κ2) is 4.34. The maximum absolute atomic E-state index is 4.38. The Balaban J connectivity index is 2.11. The predicted molar refractivity (Wildman–Crippen MR) is 70.9 cm³/mol. The molecule has 0 radical (unpaired) electrons. The van der Waals surface area contributed by atoms with Gasteiger partial charge in [-0.05, 0) is 18.1 Å². The van der Waals surface area contributed by atoms with Gasteiger partial charge in [-0.2, -0.15) is 0 Å². The molecule has 2 heterocycles. The molecule has 0 atom stereocenters. The molecular weight excluding hydrogens is 222 g/mol. The Morgan fingerprint density at radius 1 is 1.11 bits per heavy atom. The van der Waals surface area contributed by atoms with Crippen molar-refractivity contribution in [1.29, 1.82) is 0 Å². The van der Waals surface area contributed by atoms with Crippen LogP contribution in [0.4, 0.5) is 0 Å². The van der Waals surface area contributed by atoms with Crippen LogP contribution in [0.15, 0.2) is 49.1 Å². The quantitative estimate of drug-likeness (QED) is 0.558. The third kappa shape index (κ3) is 1.85. The van der Waals surface area contributed by atoms with E-state index in [9.17, 15) is 0 Å². The molecule has 86 valence electrons. The summed E-state index contributed by atoms with van der Waals surface area (Å²) in [7, 11) is 1.93. The number of aryl methyl sites for hydroxylation is 1. The summed E-state index contributed by atoms with van der Waals surface area (Å²) in [5.41, 5.74) is 2.77. The molecule has 0 saturated heterocycles. The molecule has 0 amide bonds. The van der Waals surface area contributed by atoms with Crippen molar-refractivity contribution in [2.75, 3.05) is 0 Å². The van der Waals surface area contributed by atoms with Crippen molar-refractivity contribution in [2.24, 2.45) is 7.05 Å². The van der Waals surface area contributed by atoms with Gasteiger partial charge in [0, 0.05) is 18.6 Å². The summed E-state index contributed by atoms with van der Waals surface area (Å²) in [6.07, 6.45) is 5.29. The highest BCUT2D eigenvalue weighted by molar-refractivity contribution is 5.84. The van der Waals surface area contributed by atoms with Crippen LogP contribution in [0.3, 0.4) is 0 Å². The fourth-order valence-electron chi connectivity index (χ4n) is 1.81. The first-order valence-corrected chi connectivity index (χ1v) is 5.67.